The van der Waals surface area contributed by atoms with Crippen LogP contribution < -0.4 is 54.6 Å². The Balaban J connectivity index is 0.000000195. The van der Waals surface area contributed by atoms with E-state index in [1.165, 1.54) is 109 Å². The molecule has 6 aromatic carbocycles. The Morgan fingerprint density at radius 1 is 0.408 bits per heavy atom. The van der Waals surface area contributed by atoms with Gasteiger partial charge in [-0.1, -0.05) is 103 Å². The van der Waals surface area contributed by atoms with Crippen molar-refractivity contribution >= 4 is 32.7 Å². The number of hydrogen-bond acceptors (Lipinski definition) is 24. The summed E-state index contributed by atoms with van der Waals surface area (Å²) >= 11 is 0. The minimum Gasteiger partial charge on any atom is -0.481 e. The Morgan fingerprint density at radius 2 is 0.714 bits per heavy atom. The highest BCUT2D eigenvalue weighted by Crippen LogP contribution is 2.30. The minimum absolute atomic E-state index is 0. The SMILES string of the molecule is C.C.COc1cc(OC)nc(CO)n1.COc1cc(OC)nc(Cn2nnc3ccc(-c4ccc(OC(F)(F)F)cc4)cc3c2=O)n1.COc1cc(OC)nc(Cn2nnc3ccc(-c4ccc(OC(F)(F)F)cc4)cc3c2=O)n1.Cc1ccc(-c2ccc3nn[nH]c(=O)c3c2)cc1. The molecule has 0 spiro atoms. The number of H-pyrrole nitrogens is 1. The molecule has 0 saturated heterocycles. The third-order valence-electron chi connectivity index (χ3n) is 13.4. The number of methoxy groups -OCH3 is 6. The van der Waals surface area contributed by atoms with E-state index < -0.39 is 23.8 Å². The number of aromatic amines is 1. The molecule has 6 heterocycles. The molecular formula is C65H61F6N15O12. The van der Waals surface area contributed by atoms with E-state index >= 15 is 0 Å². The first-order chi connectivity index (χ1) is 46.0. The number of halogens is 6. The molecular weight excluding hydrogens is 1300 g/mol. The molecule has 0 aliphatic carbocycles. The number of nitrogens with one attached hydrogen (secondary N) is 1. The van der Waals surface area contributed by atoms with Gasteiger partial charge in [0.15, 0.2) is 17.5 Å². The Hall–Kier alpha value is -12.3. The maximum Gasteiger partial charge on any atom is 0.573 e. The van der Waals surface area contributed by atoms with Gasteiger partial charge < -0.3 is 43.0 Å². The molecule has 12 rings (SSSR count). The molecule has 27 nitrogen and oxygen atoms in total. The molecule has 0 bridgehead atoms. The third kappa shape index (κ3) is 19.2. The predicted octanol–water partition coefficient (Wildman–Crippen LogP) is 9.98. The van der Waals surface area contributed by atoms with Gasteiger partial charge in [0, 0.05) is 0 Å². The highest BCUT2D eigenvalue weighted by Gasteiger charge is 2.32. The van der Waals surface area contributed by atoms with Crippen LogP contribution in [0.15, 0.2) is 160 Å². The third-order valence-corrected chi connectivity index (χ3v) is 13.4. The van der Waals surface area contributed by atoms with Crippen LogP contribution in [0.3, 0.4) is 0 Å². The van der Waals surface area contributed by atoms with E-state index in [4.69, 9.17) is 33.5 Å². The normalized spacial score (nSPS) is 10.8. The lowest BCUT2D eigenvalue weighted by Gasteiger charge is -2.10. The van der Waals surface area contributed by atoms with Crippen LogP contribution in [0.2, 0.25) is 0 Å². The Labute approximate surface area is 552 Å². The van der Waals surface area contributed by atoms with Crippen molar-refractivity contribution in [2.45, 2.75) is 54.2 Å². The van der Waals surface area contributed by atoms with Crippen LogP contribution in [0.25, 0.3) is 66.1 Å². The van der Waals surface area contributed by atoms with Crippen molar-refractivity contribution in [3.05, 3.63) is 200 Å². The van der Waals surface area contributed by atoms with E-state index in [0.717, 1.165) is 20.5 Å². The number of fused-ring (bicyclic) bond motifs is 3. The van der Waals surface area contributed by atoms with Gasteiger partial charge >= 0.3 is 12.7 Å². The molecule has 98 heavy (non-hydrogen) atoms. The summed E-state index contributed by atoms with van der Waals surface area (Å²) in [7, 11) is 8.74. The van der Waals surface area contributed by atoms with Gasteiger partial charge in [0.2, 0.25) is 35.3 Å². The van der Waals surface area contributed by atoms with Gasteiger partial charge in [0.25, 0.3) is 16.7 Å². The van der Waals surface area contributed by atoms with E-state index in [2.05, 4.69) is 87.5 Å². The molecule has 0 aliphatic heterocycles. The molecule has 12 aromatic rings. The second-order valence-electron chi connectivity index (χ2n) is 19.7. The summed E-state index contributed by atoms with van der Waals surface area (Å²) in [5.74, 6) is 1.89. The lowest BCUT2D eigenvalue weighted by atomic mass is 10.0. The molecule has 0 aliphatic rings. The van der Waals surface area contributed by atoms with Gasteiger partial charge in [0.05, 0.1) is 77.0 Å². The maximum atomic E-state index is 13.0. The van der Waals surface area contributed by atoms with Crippen molar-refractivity contribution in [3.63, 3.8) is 0 Å². The monoisotopic (exact) mass is 1360 g/mol. The number of aryl methyl sites for hydroxylation is 1. The first kappa shape index (κ1) is 73.1. The van der Waals surface area contributed by atoms with Crippen molar-refractivity contribution in [1.29, 1.82) is 0 Å². The zero-order valence-electron chi connectivity index (χ0n) is 51.4. The van der Waals surface area contributed by atoms with Crippen LogP contribution in [0.1, 0.15) is 37.9 Å². The molecule has 6 aromatic heterocycles. The molecule has 0 radical (unpaired) electrons. The van der Waals surface area contributed by atoms with Crippen LogP contribution in [0.5, 0.6) is 46.8 Å². The van der Waals surface area contributed by atoms with Crippen LogP contribution in [-0.4, -0.2) is 136 Å². The molecule has 0 amide bonds. The summed E-state index contributed by atoms with van der Waals surface area (Å²) < 4.78 is 114. The minimum atomic E-state index is -4.77. The maximum absolute atomic E-state index is 13.0. The topological polar surface area (TPSA) is 326 Å². The van der Waals surface area contributed by atoms with Crippen LogP contribution >= 0.6 is 0 Å². The summed E-state index contributed by atoms with van der Waals surface area (Å²) in [5.41, 5.74) is 5.93. The number of nitrogens with zero attached hydrogens (tertiary/aromatic N) is 14. The number of ether oxygens (including phenoxy) is 8. The fourth-order valence-electron chi connectivity index (χ4n) is 8.79. The van der Waals surface area contributed by atoms with Gasteiger partial charge in [-0.25, -0.2) is 14.5 Å². The van der Waals surface area contributed by atoms with Gasteiger partial charge in [0.1, 0.15) is 47.7 Å². The Bertz CT molecular complexity index is 4570. The summed E-state index contributed by atoms with van der Waals surface area (Å²) in [6, 6.07) is 38.7. The average molecular weight is 1360 g/mol. The first-order valence-electron chi connectivity index (χ1n) is 27.9. The number of aliphatic hydroxyl groups is 1. The molecule has 510 valence electrons. The number of aliphatic hydroxyl groups excluding tert-OH is 1. The smallest absolute Gasteiger partial charge is 0.481 e. The standard InChI is InChI=1S/2C21H16F3N5O4.C14H11N3O.C7H10N2O3.2CH4/c2*1-31-18-10-19(32-2)26-17(25-18)11-29-20(30)15-9-13(5-8-16(15)27-28-29)12-3-6-14(7-4-12)33-21(22,23)24;1-9-2-4-10(5-3-9)11-6-7-13-12(8-11)14(18)16-17-15-13;1-11-6-3-7(12-2)9-5(4-10)8-6;;/h2*3-10H,11H2,1-2H3;2-8H,1H3,(H,15,16,18);3,10H,4H2,1-2H3;2*1H4. The Kier molecular flexibility index (Phi) is 24.4. The van der Waals surface area contributed by atoms with Crippen molar-refractivity contribution < 1.29 is 69.3 Å². The molecule has 0 fully saturated rings. The molecule has 2 N–H and O–H groups in total. The summed E-state index contributed by atoms with van der Waals surface area (Å²) in [6.45, 7) is 1.66. The number of alkyl halides is 6. The van der Waals surface area contributed by atoms with Crippen LogP contribution in [0, 0.1) is 6.92 Å². The lowest BCUT2D eigenvalue weighted by molar-refractivity contribution is -0.275. The van der Waals surface area contributed by atoms with Gasteiger partial charge in [-0.15, -0.1) is 41.6 Å². The fourth-order valence-corrected chi connectivity index (χ4v) is 8.79. The average Bonchev–Trinajstić information content (AvgIpc) is 0.803. The van der Waals surface area contributed by atoms with Gasteiger partial charge in [-0.05, 0) is 101 Å². The van der Waals surface area contributed by atoms with E-state index in [9.17, 15) is 40.7 Å². The number of hydrogen-bond donors (Lipinski definition) is 2. The van der Waals surface area contributed by atoms with Crippen molar-refractivity contribution in [2.75, 3.05) is 42.7 Å². The largest absolute Gasteiger partial charge is 0.573 e. The second-order valence-corrected chi connectivity index (χ2v) is 19.7. The molecule has 33 heteroatoms. The zero-order chi connectivity index (χ0) is 68.7. The number of rotatable bonds is 16. The zero-order valence-corrected chi connectivity index (χ0v) is 51.4. The highest BCUT2D eigenvalue weighted by molar-refractivity contribution is 5.85. The second kappa shape index (κ2) is 32.7. The first-order valence-corrected chi connectivity index (χ1v) is 27.9. The number of benzene rings is 6. The number of aromatic nitrogens is 15. The molecule has 0 atom stereocenters. The van der Waals surface area contributed by atoms with E-state index in [1.807, 2.05) is 37.3 Å². The van der Waals surface area contributed by atoms with E-state index in [-0.39, 0.29) is 103 Å². The summed E-state index contributed by atoms with van der Waals surface area (Å²) in [6.07, 6.45) is -9.55. The quantitative estimate of drug-likeness (QED) is 0.0849. The fraction of sp³-hybridized carbons (Fsp3) is 0.215. The van der Waals surface area contributed by atoms with Crippen molar-refractivity contribution in [1.82, 2.24) is 75.3 Å². The predicted molar refractivity (Wildman–Crippen MR) is 345 cm³/mol. The van der Waals surface area contributed by atoms with Crippen LogP contribution in [0.4, 0.5) is 26.3 Å². The highest BCUT2D eigenvalue weighted by atomic mass is 19.4. The molecule has 0 saturated carbocycles. The van der Waals surface area contributed by atoms with Crippen molar-refractivity contribution in [3.8, 4) is 80.2 Å². The van der Waals surface area contributed by atoms with Gasteiger partial charge in [-0.3, -0.25) is 14.4 Å². The van der Waals surface area contributed by atoms with E-state index in [0.29, 0.717) is 56.0 Å². The van der Waals surface area contributed by atoms with Crippen molar-refractivity contribution in [2.24, 2.45) is 0 Å². The summed E-state index contributed by atoms with van der Waals surface area (Å²) in [4.78, 5) is 62.2. The lowest BCUT2D eigenvalue weighted by Crippen LogP contribution is -2.25. The Morgan fingerprint density at radius 3 is 1.04 bits per heavy atom. The summed E-state index contributed by atoms with van der Waals surface area (Å²) in [5, 5.41) is 35.6. The van der Waals surface area contributed by atoms with Crippen LogP contribution in [-0.2, 0) is 19.7 Å². The molecule has 0 unspecified atom stereocenters. The van der Waals surface area contributed by atoms with Gasteiger partial charge in [-0.2, -0.15) is 29.9 Å². The van der Waals surface area contributed by atoms with E-state index in [1.54, 1.807) is 42.5 Å².